The van der Waals surface area contributed by atoms with Crippen molar-refractivity contribution in [2.24, 2.45) is 5.92 Å². The minimum Gasteiger partial charge on any atom is -0.493 e. The van der Waals surface area contributed by atoms with Crippen LogP contribution in [-0.2, 0) is 16.0 Å². The molecule has 10 heteroatoms. The van der Waals surface area contributed by atoms with Gasteiger partial charge in [0.25, 0.3) is 5.91 Å². The van der Waals surface area contributed by atoms with Gasteiger partial charge in [0, 0.05) is 36.6 Å². The zero-order chi connectivity index (χ0) is 26.5. The molecule has 2 aromatic carbocycles. The van der Waals surface area contributed by atoms with Gasteiger partial charge in [0.05, 0.1) is 30.2 Å². The van der Waals surface area contributed by atoms with Gasteiger partial charge in [-0.25, -0.2) is 9.37 Å². The highest BCUT2D eigenvalue weighted by atomic mass is 32.1. The number of benzene rings is 2. The third kappa shape index (κ3) is 6.19. The van der Waals surface area contributed by atoms with Crippen molar-refractivity contribution in [3.8, 4) is 16.3 Å². The molecule has 5 rings (SSSR count). The second-order valence-corrected chi connectivity index (χ2v) is 10.4. The number of aromatic nitrogens is 1. The minimum atomic E-state index is -0.535. The maximum atomic E-state index is 14.0. The third-order valence-electron chi connectivity index (χ3n) is 6.77. The maximum Gasteiger partial charge on any atom is 0.255 e. The molecule has 0 spiro atoms. The van der Waals surface area contributed by atoms with E-state index in [2.05, 4.69) is 15.6 Å². The lowest BCUT2D eigenvalue weighted by molar-refractivity contribution is -0.132. The van der Waals surface area contributed by atoms with Gasteiger partial charge in [-0.15, -0.1) is 11.3 Å². The monoisotopic (exact) mass is 536 g/mol. The summed E-state index contributed by atoms with van der Waals surface area (Å²) in [4.78, 5) is 45.8. The predicted molar refractivity (Wildman–Crippen MR) is 141 cm³/mol. The Kier molecular flexibility index (Phi) is 7.97. The molecule has 2 bridgehead atoms. The molecule has 0 radical (unpaired) electrons. The molecular formula is C28H29FN4O4S. The average Bonchev–Trinajstić information content (AvgIpc) is 3.28. The Balaban J connectivity index is 1.36. The van der Waals surface area contributed by atoms with Gasteiger partial charge in [-0.05, 0) is 37.5 Å². The van der Waals surface area contributed by atoms with E-state index in [1.165, 1.54) is 23.5 Å². The number of carbonyl (C=O) groups is 3. The quantitative estimate of drug-likeness (QED) is 0.534. The molecule has 1 aromatic heterocycles. The van der Waals surface area contributed by atoms with E-state index in [0.717, 1.165) is 16.6 Å². The molecule has 2 aliphatic heterocycles. The Morgan fingerprint density at radius 3 is 2.82 bits per heavy atom. The Morgan fingerprint density at radius 2 is 1.97 bits per heavy atom. The number of rotatable bonds is 3. The van der Waals surface area contributed by atoms with Gasteiger partial charge in [-0.1, -0.05) is 30.3 Å². The molecule has 2 aliphatic rings. The van der Waals surface area contributed by atoms with E-state index < -0.39 is 23.7 Å². The van der Waals surface area contributed by atoms with Crippen molar-refractivity contribution in [2.75, 3.05) is 26.2 Å². The number of halogens is 1. The van der Waals surface area contributed by atoms with E-state index in [9.17, 15) is 18.8 Å². The fourth-order valence-electron chi connectivity index (χ4n) is 4.77. The van der Waals surface area contributed by atoms with E-state index in [0.29, 0.717) is 31.5 Å². The van der Waals surface area contributed by atoms with Gasteiger partial charge in [-0.2, -0.15) is 0 Å². The van der Waals surface area contributed by atoms with Crippen LogP contribution in [0.1, 0.15) is 35.3 Å². The minimum absolute atomic E-state index is 0.0974. The van der Waals surface area contributed by atoms with Crippen LogP contribution >= 0.6 is 11.3 Å². The van der Waals surface area contributed by atoms with Gasteiger partial charge < -0.3 is 20.3 Å². The SMILES string of the molecule is O=C1N[C@@H]2CC[C@@H](CN(C(=O)Cc3csc(-c4ccccc4)n3)C2)C(=O)NCCCOc2ccc(F)cc21. The zero-order valence-electron chi connectivity index (χ0n) is 20.8. The molecule has 3 aromatic rings. The van der Waals surface area contributed by atoms with Crippen LogP contribution in [0, 0.1) is 11.7 Å². The Morgan fingerprint density at radius 1 is 1.13 bits per heavy atom. The van der Waals surface area contributed by atoms with Crippen molar-refractivity contribution < 1.29 is 23.5 Å². The number of thiazole rings is 1. The predicted octanol–water partition coefficient (Wildman–Crippen LogP) is 3.43. The number of ether oxygens (including phenoxy) is 1. The molecule has 198 valence electrons. The van der Waals surface area contributed by atoms with Gasteiger partial charge >= 0.3 is 0 Å². The molecule has 0 saturated carbocycles. The fraction of sp³-hybridized carbons (Fsp3) is 0.357. The molecule has 38 heavy (non-hydrogen) atoms. The van der Waals surface area contributed by atoms with Crippen LogP contribution in [0.15, 0.2) is 53.9 Å². The van der Waals surface area contributed by atoms with Crippen molar-refractivity contribution in [2.45, 2.75) is 31.7 Å². The van der Waals surface area contributed by atoms with E-state index in [1.54, 1.807) is 4.90 Å². The smallest absolute Gasteiger partial charge is 0.255 e. The summed E-state index contributed by atoms with van der Waals surface area (Å²) in [6.45, 7) is 1.17. The summed E-state index contributed by atoms with van der Waals surface area (Å²) < 4.78 is 19.7. The highest BCUT2D eigenvalue weighted by molar-refractivity contribution is 7.13. The molecular weight excluding hydrogens is 507 g/mol. The number of hydrogen-bond acceptors (Lipinski definition) is 6. The van der Waals surface area contributed by atoms with Gasteiger partial charge in [0.1, 0.15) is 16.6 Å². The van der Waals surface area contributed by atoms with E-state index in [4.69, 9.17) is 4.74 Å². The molecule has 8 nitrogen and oxygen atoms in total. The number of nitrogens with one attached hydrogen (secondary N) is 2. The number of fused-ring (bicyclic) bond motifs is 4. The summed E-state index contributed by atoms with van der Waals surface area (Å²) in [5, 5.41) is 8.61. The lowest BCUT2D eigenvalue weighted by Gasteiger charge is -2.26. The van der Waals surface area contributed by atoms with Crippen LogP contribution in [0.3, 0.4) is 0 Å². The van der Waals surface area contributed by atoms with E-state index in [-0.39, 0.29) is 49.2 Å². The lowest BCUT2D eigenvalue weighted by atomic mass is 10.0. The van der Waals surface area contributed by atoms with E-state index in [1.807, 2.05) is 35.7 Å². The first-order chi connectivity index (χ1) is 18.5. The molecule has 1 fully saturated rings. The standard InChI is InChI=1S/C28H29FN4O4S/c29-20-8-10-24-23(13-20)27(36)31-21-9-7-19(26(35)30-11-4-12-37-24)15-33(16-21)25(34)14-22-17-38-28(32-22)18-5-2-1-3-6-18/h1-3,5-6,8,10,13,17,19,21H,4,7,9,11-12,14-16H2,(H,30,35)(H,31,36)/t19-,21+/m0/s1. The molecule has 0 unspecified atom stereocenters. The molecule has 3 amide bonds. The number of amides is 3. The second kappa shape index (κ2) is 11.7. The summed E-state index contributed by atoms with van der Waals surface area (Å²) in [6.07, 6.45) is 1.64. The Labute approximate surface area is 224 Å². The molecule has 1 saturated heterocycles. The first kappa shape index (κ1) is 25.8. The number of likely N-dealkylation sites (tertiary alicyclic amines) is 1. The van der Waals surface area contributed by atoms with Gasteiger partial charge in [-0.3, -0.25) is 14.4 Å². The summed E-state index contributed by atoms with van der Waals surface area (Å²) >= 11 is 1.48. The topological polar surface area (TPSA) is 101 Å². The van der Waals surface area contributed by atoms with Crippen LogP contribution in [-0.4, -0.2) is 59.9 Å². The highest BCUT2D eigenvalue weighted by Crippen LogP contribution is 2.25. The van der Waals surface area contributed by atoms with Crippen LogP contribution in [0.4, 0.5) is 4.39 Å². The van der Waals surface area contributed by atoms with E-state index >= 15 is 0 Å². The van der Waals surface area contributed by atoms with Crippen molar-refractivity contribution in [3.63, 3.8) is 0 Å². The summed E-state index contributed by atoms with van der Waals surface area (Å²) in [7, 11) is 0. The summed E-state index contributed by atoms with van der Waals surface area (Å²) in [6, 6.07) is 13.2. The average molecular weight is 537 g/mol. The fourth-order valence-corrected chi connectivity index (χ4v) is 5.60. The van der Waals surface area contributed by atoms with Crippen molar-refractivity contribution in [1.82, 2.24) is 20.5 Å². The zero-order valence-corrected chi connectivity index (χ0v) is 21.6. The maximum absolute atomic E-state index is 14.0. The Hall–Kier alpha value is -3.79. The number of hydrogen-bond donors (Lipinski definition) is 2. The molecule has 2 atom stereocenters. The van der Waals surface area contributed by atoms with Crippen molar-refractivity contribution >= 4 is 29.1 Å². The van der Waals surface area contributed by atoms with Crippen molar-refractivity contribution in [3.05, 3.63) is 71.0 Å². The van der Waals surface area contributed by atoms with Crippen LogP contribution in [0.2, 0.25) is 0 Å². The normalized spacial score (nSPS) is 20.4. The summed E-state index contributed by atoms with van der Waals surface area (Å²) in [5.41, 5.74) is 1.77. The molecule has 2 N–H and O–H groups in total. The van der Waals surface area contributed by atoms with Gasteiger partial charge in [0.15, 0.2) is 0 Å². The second-order valence-electron chi connectivity index (χ2n) is 9.56. The third-order valence-corrected chi connectivity index (χ3v) is 7.71. The number of carbonyl (C=O) groups excluding carboxylic acids is 3. The molecule has 0 aliphatic carbocycles. The highest BCUT2D eigenvalue weighted by Gasteiger charge is 2.32. The first-order valence-corrected chi connectivity index (χ1v) is 13.6. The number of nitrogens with zero attached hydrogens (tertiary/aromatic N) is 2. The Bertz CT molecular complexity index is 1320. The largest absolute Gasteiger partial charge is 0.493 e. The lowest BCUT2D eigenvalue weighted by Crippen LogP contribution is -2.46. The molecule has 3 heterocycles. The summed E-state index contributed by atoms with van der Waals surface area (Å²) in [5.74, 6) is -1.40. The van der Waals surface area contributed by atoms with Gasteiger partial charge in [0.2, 0.25) is 11.8 Å². The van der Waals surface area contributed by atoms with Crippen LogP contribution < -0.4 is 15.4 Å². The van der Waals surface area contributed by atoms with Crippen molar-refractivity contribution in [1.29, 1.82) is 0 Å². The van der Waals surface area contributed by atoms with Crippen LogP contribution in [0.25, 0.3) is 10.6 Å². The van der Waals surface area contributed by atoms with Crippen LogP contribution in [0.5, 0.6) is 5.75 Å². The first-order valence-electron chi connectivity index (χ1n) is 12.7.